The van der Waals surface area contributed by atoms with E-state index in [1.54, 1.807) is 0 Å². The lowest BCUT2D eigenvalue weighted by atomic mass is 9.92. The molecule has 0 N–H and O–H groups in total. The number of aromatic nitrogens is 6. The van der Waals surface area contributed by atoms with Crippen LogP contribution in [-0.4, -0.2) is 29.9 Å². The van der Waals surface area contributed by atoms with E-state index < -0.39 is 0 Å². The highest BCUT2D eigenvalue weighted by atomic mass is 32.1. The first-order valence-corrected chi connectivity index (χ1v) is 43.1. The molecule has 8 nitrogen and oxygen atoms in total. The Kier molecular flexibility index (Phi) is 18.5. The van der Waals surface area contributed by atoms with Gasteiger partial charge in [0.2, 0.25) is 0 Å². The molecule has 124 heavy (non-hydrogen) atoms. The lowest BCUT2D eigenvalue weighted by Gasteiger charge is -2.14. The second kappa shape index (κ2) is 31.3. The Balaban J connectivity index is 0.000000143. The Morgan fingerprint density at radius 3 is 0.661 bits per heavy atom. The lowest BCUT2D eigenvalue weighted by molar-refractivity contribution is 0.668. The molecule has 0 radical (unpaired) electrons. The van der Waals surface area contributed by atoms with Crippen LogP contribution >= 0.6 is 22.7 Å². The predicted molar refractivity (Wildman–Crippen MR) is 516 cm³/mol. The normalized spacial score (nSPS) is 11.5. The molecule has 0 unspecified atom stereocenters. The first-order chi connectivity index (χ1) is 61.3. The highest BCUT2D eigenvalue weighted by Gasteiger charge is 2.21. The number of fused-ring (bicyclic) bond motifs is 12. The summed E-state index contributed by atoms with van der Waals surface area (Å²) in [5, 5.41) is 9.69. The molecule has 24 aromatic rings. The van der Waals surface area contributed by atoms with Crippen molar-refractivity contribution in [2.45, 2.75) is 0 Å². The molecular formula is C114H70N6O2S2. The Hall–Kier alpha value is -16.0. The van der Waals surface area contributed by atoms with Gasteiger partial charge in [0.05, 0.1) is 0 Å². The van der Waals surface area contributed by atoms with Crippen molar-refractivity contribution < 1.29 is 8.83 Å². The van der Waals surface area contributed by atoms with Gasteiger partial charge in [-0.2, -0.15) is 0 Å². The number of furan rings is 2. The SMILES string of the molecule is c1ccc(-c2nc(-c3ccccc3)nc(-c3cc(-c4cccc(-c5ccc6c(c5)oc5ccccc56)c4)cc(-c4cccc(-c5ccc6c(c5)oc5ccccc56)c4)c3)n2)cc1.c1ccc(-c2nc(-c3ccccc3)nc(-c3cc(-c4cccc(-c5ccc6c(c5)sc5ccccc56)c4)cc(-c4cccc(-c5ccc6c(c5)sc5ccccc56)c4)c3)n2)cc1. The summed E-state index contributed by atoms with van der Waals surface area (Å²) in [6.45, 7) is 0. The molecule has 0 saturated heterocycles. The largest absolute Gasteiger partial charge is 0.456 e. The molecule has 24 rings (SSSR count). The first-order valence-electron chi connectivity index (χ1n) is 41.5. The molecule has 0 bridgehead atoms. The summed E-state index contributed by atoms with van der Waals surface area (Å²) >= 11 is 3.70. The molecule has 0 fully saturated rings. The summed E-state index contributed by atoms with van der Waals surface area (Å²) in [4.78, 5) is 30.6. The third-order valence-electron chi connectivity index (χ3n) is 23.4. The van der Waals surface area contributed by atoms with Crippen molar-refractivity contribution in [2.75, 3.05) is 0 Å². The Morgan fingerprint density at radius 1 is 0.129 bits per heavy atom. The molecule has 0 aliphatic rings. The quantitative estimate of drug-likeness (QED) is 0.106. The van der Waals surface area contributed by atoms with E-state index in [1.165, 1.54) is 62.6 Å². The van der Waals surface area contributed by atoms with Crippen LogP contribution in [0.4, 0.5) is 0 Å². The van der Waals surface area contributed by atoms with Gasteiger partial charge in [-0.05, 0) is 210 Å². The van der Waals surface area contributed by atoms with E-state index in [2.05, 4.69) is 303 Å². The second-order valence-corrected chi connectivity index (χ2v) is 33.4. The number of para-hydroxylation sites is 2. The third-order valence-corrected chi connectivity index (χ3v) is 25.7. The van der Waals surface area contributed by atoms with Gasteiger partial charge in [0.15, 0.2) is 34.9 Å². The number of thiophene rings is 2. The molecule has 0 aliphatic carbocycles. The van der Waals surface area contributed by atoms with Crippen LogP contribution in [0.25, 0.3) is 242 Å². The smallest absolute Gasteiger partial charge is 0.164 e. The van der Waals surface area contributed by atoms with Gasteiger partial charge in [0.1, 0.15) is 22.3 Å². The maximum Gasteiger partial charge on any atom is 0.164 e. The number of hydrogen-bond acceptors (Lipinski definition) is 10. The standard InChI is InChI=1S/C57H35N3O2.C57H35N3S2/c2*1-3-13-36(14-4-1)55-58-56(37-15-5-2-6-16-37)60-57(59-55)46-32-44(40-19-11-17-38(29-40)42-25-27-49-47-21-7-9-23-51(47)61-53(49)34-42)31-45(33-46)41-20-12-18-39(30-41)43-26-28-50-48-22-8-10-24-52(48)62-54(50)35-43/h2*1-35H. The summed E-state index contributed by atoms with van der Waals surface area (Å²) in [5.74, 6) is 3.73. The zero-order valence-electron chi connectivity index (χ0n) is 66.7. The van der Waals surface area contributed by atoms with Crippen LogP contribution in [0.5, 0.6) is 0 Å². The molecule has 0 amide bonds. The van der Waals surface area contributed by atoms with E-state index >= 15 is 0 Å². The van der Waals surface area contributed by atoms with Crippen molar-refractivity contribution >= 4 is 107 Å². The molecule has 0 atom stereocenters. The monoisotopic (exact) mass is 1620 g/mol. The van der Waals surface area contributed by atoms with Crippen LogP contribution in [0.15, 0.2) is 433 Å². The lowest BCUT2D eigenvalue weighted by Crippen LogP contribution is -2.00. The highest BCUT2D eigenvalue weighted by molar-refractivity contribution is 7.26. The minimum absolute atomic E-state index is 0.596. The van der Waals surface area contributed by atoms with E-state index in [4.69, 9.17) is 38.7 Å². The maximum absolute atomic E-state index is 6.29. The van der Waals surface area contributed by atoms with Gasteiger partial charge in [-0.15, -0.1) is 22.7 Å². The van der Waals surface area contributed by atoms with Gasteiger partial charge < -0.3 is 8.83 Å². The van der Waals surface area contributed by atoms with Crippen LogP contribution in [0.3, 0.4) is 0 Å². The zero-order chi connectivity index (χ0) is 82.0. The summed E-state index contributed by atoms with van der Waals surface area (Å²) in [5.41, 5.74) is 26.8. The van der Waals surface area contributed by atoms with Crippen molar-refractivity contribution in [1.29, 1.82) is 0 Å². The second-order valence-electron chi connectivity index (χ2n) is 31.2. The topological polar surface area (TPSA) is 104 Å². The molecule has 0 saturated carbocycles. The van der Waals surface area contributed by atoms with Crippen LogP contribution in [0, 0.1) is 0 Å². The fourth-order valence-corrected chi connectivity index (χ4v) is 19.5. The van der Waals surface area contributed by atoms with Crippen LogP contribution in [0.2, 0.25) is 0 Å². The molecule has 0 spiro atoms. The van der Waals surface area contributed by atoms with Gasteiger partial charge >= 0.3 is 0 Å². The van der Waals surface area contributed by atoms with Crippen molar-refractivity contribution in [3.05, 3.63) is 425 Å². The number of rotatable bonds is 14. The average Bonchev–Trinajstić information content (AvgIpc) is 1.11. The van der Waals surface area contributed by atoms with E-state index in [-0.39, 0.29) is 0 Å². The van der Waals surface area contributed by atoms with Crippen molar-refractivity contribution in [1.82, 2.24) is 29.9 Å². The van der Waals surface area contributed by atoms with E-state index in [1.807, 2.05) is 144 Å². The van der Waals surface area contributed by atoms with Crippen molar-refractivity contribution in [3.63, 3.8) is 0 Å². The summed E-state index contributed by atoms with van der Waals surface area (Å²) in [6.07, 6.45) is 0. The van der Waals surface area contributed by atoms with Gasteiger partial charge in [-0.25, -0.2) is 29.9 Å². The van der Waals surface area contributed by atoms with Crippen LogP contribution in [0.1, 0.15) is 0 Å². The third kappa shape index (κ3) is 14.1. The summed E-state index contributed by atoms with van der Waals surface area (Å²) < 4.78 is 17.8. The van der Waals surface area contributed by atoms with E-state index in [0.29, 0.717) is 34.9 Å². The van der Waals surface area contributed by atoms with Gasteiger partial charge in [0.25, 0.3) is 0 Å². The highest BCUT2D eigenvalue weighted by Crippen LogP contribution is 2.44. The average molecular weight is 1620 g/mol. The molecule has 0 aliphatic heterocycles. The molecule has 6 heterocycles. The number of benzene rings is 18. The predicted octanol–water partition coefficient (Wildman–Crippen LogP) is 31.6. The van der Waals surface area contributed by atoms with E-state index in [9.17, 15) is 0 Å². The zero-order valence-corrected chi connectivity index (χ0v) is 68.4. The summed E-state index contributed by atoms with van der Waals surface area (Å²) in [6, 6.07) is 150. The summed E-state index contributed by atoms with van der Waals surface area (Å²) in [7, 11) is 0. The van der Waals surface area contributed by atoms with Gasteiger partial charge in [0, 0.05) is 95.3 Å². The Labute approximate surface area is 722 Å². The van der Waals surface area contributed by atoms with Crippen LogP contribution < -0.4 is 0 Å². The number of nitrogens with zero attached hydrogens (tertiary/aromatic N) is 6. The van der Waals surface area contributed by atoms with E-state index in [0.717, 1.165) is 144 Å². The Bertz CT molecular complexity index is 7310. The minimum Gasteiger partial charge on any atom is -0.456 e. The first kappa shape index (κ1) is 73.2. The van der Waals surface area contributed by atoms with Crippen molar-refractivity contribution in [2.24, 2.45) is 0 Å². The van der Waals surface area contributed by atoms with Crippen molar-refractivity contribution in [3.8, 4) is 157 Å². The molecule has 10 heteroatoms. The molecule has 580 valence electrons. The molecule has 6 aromatic heterocycles. The minimum atomic E-state index is 0.596. The van der Waals surface area contributed by atoms with Gasteiger partial charge in [-0.3, -0.25) is 0 Å². The Morgan fingerprint density at radius 2 is 0.339 bits per heavy atom. The maximum atomic E-state index is 6.29. The molecular weight excluding hydrogens is 1550 g/mol. The fourth-order valence-electron chi connectivity index (χ4n) is 17.2. The van der Waals surface area contributed by atoms with Crippen LogP contribution in [-0.2, 0) is 0 Å². The fraction of sp³-hybridized carbons (Fsp3) is 0. The molecule has 18 aromatic carbocycles. The van der Waals surface area contributed by atoms with Gasteiger partial charge in [-0.1, -0.05) is 303 Å². The number of hydrogen-bond donors (Lipinski definition) is 0.